The fourth-order valence-corrected chi connectivity index (χ4v) is 1.93. The summed E-state index contributed by atoms with van der Waals surface area (Å²) in [6, 6.07) is 15.5. The van der Waals surface area contributed by atoms with Gasteiger partial charge in [0.1, 0.15) is 0 Å². The fraction of sp³-hybridized carbons (Fsp3) is 0.188. The van der Waals surface area contributed by atoms with Crippen LogP contribution >= 0.6 is 0 Å². The van der Waals surface area contributed by atoms with Crippen LogP contribution in [0.15, 0.2) is 48.5 Å². The number of nitrogens with one attached hydrogen (secondary N) is 1. The smallest absolute Gasteiger partial charge is 0.159 e. The molecule has 1 unspecified atom stereocenters. The Morgan fingerprint density at radius 1 is 1.05 bits per heavy atom. The van der Waals surface area contributed by atoms with E-state index in [-0.39, 0.29) is 5.92 Å². The molecule has 0 saturated heterocycles. The van der Waals surface area contributed by atoms with Gasteiger partial charge in [-0.3, -0.25) is 0 Å². The summed E-state index contributed by atoms with van der Waals surface area (Å²) in [6.45, 7) is 0.849. The number of hydrogen-bond acceptors (Lipinski definition) is 2. The standard InChI is InChI=1S/C16H14F2N2/c17-15-7-6-12(8-16(15)18)10-20-11-14(9-19)13-4-2-1-3-5-13/h1-8,14,20H,10-11H2. The van der Waals surface area contributed by atoms with E-state index in [0.717, 1.165) is 17.7 Å². The molecule has 0 aliphatic carbocycles. The molecule has 4 heteroatoms. The summed E-state index contributed by atoms with van der Waals surface area (Å²) in [5, 5.41) is 12.2. The highest BCUT2D eigenvalue weighted by molar-refractivity contribution is 5.25. The van der Waals surface area contributed by atoms with Crippen molar-refractivity contribution in [3.8, 4) is 6.07 Å². The molecular formula is C16H14F2N2. The van der Waals surface area contributed by atoms with Gasteiger partial charge in [0.2, 0.25) is 0 Å². The number of hydrogen-bond donors (Lipinski definition) is 1. The van der Waals surface area contributed by atoms with Crippen molar-refractivity contribution in [2.24, 2.45) is 0 Å². The largest absolute Gasteiger partial charge is 0.311 e. The van der Waals surface area contributed by atoms with Gasteiger partial charge in [-0.15, -0.1) is 0 Å². The molecular weight excluding hydrogens is 258 g/mol. The Hall–Kier alpha value is -2.25. The van der Waals surface area contributed by atoms with Gasteiger partial charge in [-0.05, 0) is 23.3 Å². The van der Waals surface area contributed by atoms with Gasteiger partial charge in [0.05, 0.1) is 12.0 Å². The van der Waals surface area contributed by atoms with E-state index < -0.39 is 11.6 Å². The average molecular weight is 272 g/mol. The van der Waals surface area contributed by atoms with Crippen molar-refractivity contribution >= 4 is 0 Å². The van der Waals surface area contributed by atoms with E-state index in [0.29, 0.717) is 18.7 Å². The maximum atomic E-state index is 13.0. The second kappa shape index (κ2) is 6.78. The zero-order chi connectivity index (χ0) is 14.4. The molecule has 0 spiro atoms. The van der Waals surface area contributed by atoms with Crippen molar-refractivity contribution in [2.45, 2.75) is 12.5 Å². The lowest BCUT2D eigenvalue weighted by atomic mass is 10.0. The highest BCUT2D eigenvalue weighted by atomic mass is 19.2. The van der Waals surface area contributed by atoms with E-state index >= 15 is 0 Å². The highest BCUT2D eigenvalue weighted by Crippen LogP contribution is 2.14. The van der Waals surface area contributed by atoms with Gasteiger partial charge in [-0.25, -0.2) is 8.78 Å². The lowest BCUT2D eigenvalue weighted by Crippen LogP contribution is -2.20. The van der Waals surface area contributed by atoms with Crippen LogP contribution in [0.3, 0.4) is 0 Å². The first-order chi connectivity index (χ1) is 9.70. The predicted molar refractivity (Wildman–Crippen MR) is 72.9 cm³/mol. The fourth-order valence-electron chi connectivity index (χ4n) is 1.93. The Morgan fingerprint density at radius 2 is 1.80 bits per heavy atom. The number of nitrogens with zero attached hydrogens (tertiary/aromatic N) is 1. The molecule has 2 aromatic rings. The van der Waals surface area contributed by atoms with Crippen molar-refractivity contribution in [1.82, 2.24) is 5.32 Å². The topological polar surface area (TPSA) is 35.8 Å². The third-order valence-corrected chi connectivity index (χ3v) is 3.02. The quantitative estimate of drug-likeness (QED) is 0.906. The molecule has 0 heterocycles. The molecule has 0 aliphatic rings. The van der Waals surface area contributed by atoms with E-state index in [9.17, 15) is 8.78 Å². The highest BCUT2D eigenvalue weighted by Gasteiger charge is 2.09. The van der Waals surface area contributed by atoms with Crippen molar-refractivity contribution in [3.63, 3.8) is 0 Å². The van der Waals surface area contributed by atoms with Gasteiger partial charge >= 0.3 is 0 Å². The Morgan fingerprint density at radius 3 is 2.45 bits per heavy atom. The first-order valence-electron chi connectivity index (χ1n) is 6.30. The Balaban J connectivity index is 1.91. The molecule has 0 aliphatic heterocycles. The number of halogens is 2. The minimum absolute atomic E-state index is 0.263. The molecule has 2 nitrogen and oxygen atoms in total. The van der Waals surface area contributed by atoms with Crippen molar-refractivity contribution in [1.29, 1.82) is 5.26 Å². The van der Waals surface area contributed by atoms with Crippen LogP contribution in [0.5, 0.6) is 0 Å². The van der Waals surface area contributed by atoms with Crippen LogP contribution in [0.1, 0.15) is 17.0 Å². The zero-order valence-electron chi connectivity index (χ0n) is 10.8. The van der Waals surface area contributed by atoms with Gasteiger partial charge in [-0.2, -0.15) is 5.26 Å². The number of rotatable bonds is 5. The van der Waals surface area contributed by atoms with Crippen LogP contribution < -0.4 is 5.32 Å². The molecule has 0 fully saturated rings. The number of benzene rings is 2. The van der Waals surface area contributed by atoms with E-state index in [1.807, 2.05) is 30.3 Å². The summed E-state index contributed by atoms with van der Waals surface area (Å²) >= 11 is 0. The predicted octanol–water partition coefficient (Wildman–Crippen LogP) is 3.36. The summed E-state index contributed by atoms with van der Waals surface area (Å²) in [7, 11) is 0. The molecule has 102 valence electrons. The van der Waals surface area contributed by atoms with Crippen LogP contribution in [0, 0.1) is 23.0 Å². The van der Waals surface area contributed by atoms with Crippen LogP contribution in [-0.4, -0.2) is 6.54 Å². The Labute approximate surface area is 116 Å². The molecule has 0 amide bonds. The summed E-state index contributed by atoms with van der Waals surface area (Å²) < 4.78 is 25.8. The minimum atomic E-state index is -0.857. The van der Waals surface area contributed by atoms with Gasteiger partial charge in [0.25, 0.3) is 0 Å². The van der Waals surface area contributed by atoms with E-state index in [1.54, 1.807) is 0 Å². The SMILES string of the molecule is N#CC(CNCc1ccc(F)c(F)c1)c1ccccc1. The number of nitriles is 1. The molecule has 2 rings (SSSR count). The second-order valence-electron chi connectivity index (χ2n) is 4.47. The molecule has 0 saturated carbocycles. The summed E-state index contributed by atoms with van der Waals surface area (Å²) in [5.41, 5.74) is 1.58. The van der Waals surface area contributed by atoms with Crippen molar-refractivity contribution < 1.29 is 8.78 Å². The minimum Gasteiger partial charge on any atom is -0.311 e. The Kier molecular flexibility index (Phi) is 4.80. The lowest BCUT2D eigenvalue weighted by molar-refractivity contribution is 0.506. The molecule has 1 N–H and O–H groups in total. The lowest BCUT2D eigenvalue weighted by Gasteiger charge is -2.11. The average Bonchev–Trinajstić information content (AvgIpc) is 2.48. The maximum absolute atomic E-state index is 13.0. The third kappa shape index (κ3) is 3.62. The van der Waals surface area contributed by atoms with Crippen LogP contribution in [-0.2, 0) is 6.54 Å². The maximum Gasteiger partial charge on any atom is 0.159 e. The monoisotopic (exact) mass is 272 g/mol. The first-order valence-corrected chi connectivity index (χ1v) is 6.30. The third-order valence-electron chi connectivity index (χ3n) is 3.02. The summed E-state index contributed by atoms with van der Waals surface area (Å²) in [4.78, 5) is 0. The van der Waals surface area contributed by atoms with E-state index in [2.05, 4.69) is 11.4 Å². The normalized spacial score (nSPS) is 11.8. The molecule has 0 bridgehead atoms. The van der Waals surface area contributed by atoms with Crippen LogP contribution in [0.2, 0.25) is 0 Å². The van der Waals surface area contributed by atoms with Gasteiger partial charge in [0.15, 0.2) is 11.6 Å². The molecule has 0 aromatic heterocycles. The van der Waals surface area contributed by atoms with E-state index in [4.69, 9.17) is 5.26 Å². The van der Waals surface area contributed by atoms with Crippen molar-refractivity contribution in [2.75, 3.05) is 6.54 Å². The Bertz CT molecular complexity index is 606. The molecule has 20 heavy (non-hydrogen) atoms. The van der Waals surface area contributed by atoms with E-state index in [1.165, 1.54) is 6.07 Å². The van der Waals surface area contributed by atoms with Gasteiger partial charge in [-0.1, -0.05) is 36.4 Å². The molecule has 2 aromatic carbocycles. The van der Waals surface area contributed by atoms with Gasteiger partial charge in [0, 0.05) is 13.1 Å². The summed E-state index contributed by atoms with van der Waals surface area (Å²) in [5.74, 6) is -1.97. The molecule has 0 radical (unpaired) electrons. The van der Waals surface area contributed by atoms with Crippen LogP contribution in [0.4, 0.5) is 8.78 Å². The van der Waals surface area contributed by atoms with Gasteiger partial charge < -0.3 is 5.32 Å². The van der Waals surface area contributed by atoms with Crippen LogP contribution in [0.25, 0.3) is 0 Å². The summed E-state index contributed by atoms with van der Waals surface area (Å²) in [6.07, 6.45) is 0. The second-order valence-corrected chi connectivity index (χ2v) is 4.47. The molecule has 1 atom stereocenters. The van der Waals surface area contributed by atoms with Crippen molar-refractivity contribution in [3.05, 3.63) is 71.3 Å². The zero-order valence-corrected chi connectivity index (χ0v) is 10.8. The first kappa shape index (κ1) is 14.2.